The van der Waals surface area contributed by atoms with E-state index in [1.54, 1.807) is 4.68 Å². The summed E-state index contributed by atoms with van der Waals surface area (Å²) in [6.07, 6.45) is 6.11. The Balaban J connectivity index is 2.13. The van der Waals surface area contributed by atoms with E-state index in [4.69, 9.17) is 0 Å². The van der Waals surface area contributed by atoms with Crippen LogP contribution in [0.1, 0.15) is 43.3 Å². The summed E-state index contributed by atoms with van der Waals surface area (Å²) >= 11 is 0. The van der Waals surface area contributed by atoms with E-state index in [0.29, 0.717) is 6.54 Å². The van der Waals surface area contributed by atoms with Crippen molar-refractivity contribution in [2.45, 2.75) is 53.2 Å². The molecule has 1 atom stereocenters. The third kappa shape index (κ3) is 4.59. The summed E-state index contributed by atoms with van der Waals surface area (Å²) in [6.45, 7) is 9.42. The Kier molecular flexibility index (Phi) is 5.69. The van der Waals surface area contributed by atoms with Crippen LogP contribution in [0.4, 0.5) is 5.69 Å². The summed E-state index contributed by atoms with van der Waals surface area (Å²) in [5.41, 5.74) is 3.99. The Hall–Kier alpha value is -1.83. The van der Waals surface area contributed by atoms with Crippen molar-refractivity contribution in [3.63, 3.8) is 0 Å². The lowest BCUT2D eigenvalue weighted by Crippen LogP contribution is -2.14. The van der Waals surface area contributed by atoms with Crippen molar-refractivity contribution in [2.24, 2.45) is 0 Å². The van der Waals surface area contributed by atoms with Crippen molar-refractivity contribution in [2.75, 3.05) is 17.3 Å². The SMILES string of the molecule is CCCn1cc(NC(C)c2c(C)nn(CCS(C)(=O)=O)c2C)cn1. The van der Waals surface area contributed by atoms with E-state index in [1.807, 2.05) is 30.9 Å². The smallest absolute Gasteiger partial charge is 0.149 e. The lowest BCUT2D eigenvalue weighted by Gasteiger charge is -2.15. The Labute approximate surface area is 144 Å². The number of nitrogens with zero attached hydrogens (tertiary/aromatic N) is 4. The van der Waals surface area contributed by atoms with Crippen LogP contribution in [0.5, 0.6) is 0 Å². The molecule has 134 valence electrons. The fraction of sp³-hybridized carbons (Fsp3) is 0.625. The van der Waals surface area contributed by atoms with Gasteiger partial charge in [0.1, 0.15) is 9.84 Å². The largest absolute Gasteiger partial charge is 0.376 e. The van der Waals surface area contributed by atoms with Gasteiger partial charge in [0.2, 0.25) is 0 Å². The van der Waals surface area contributed by atoms with Gasteiger partial charge in [-0.1, -0.05) is 6.92 Å². The first-order chi connectivity index (χ1) is 11.2. The molecule has 0 saturated heterocycles. The summed E-state index contributed by atoms with van der Waals surface area (Å²) in [4.78, 5) is 0. The molecular weight excluding hydrogens is 326 g/mol. The monoisotopic (exact) mass is 353 g/mol. The van der Waals surface area contributed by atoms with Gasteiger partial charge in [0.15, 0.2) is 0 Å². The molecule has 7 nitrogen and oxygen atoms in total. The van der Waals surface area contributed by atoms with Gasteiger partial charge in [-0.15, -0.1) is 0 Å². The van der Waals surface area contributed by atoms with Crippen LogP contribution < -0.4 is 5.32 Å². The van der Waals surface area contributed by atoms with Gasteiger partial charge in [-0.3, -0.25) is 9.36 Å². The molecule has 2 rings (SSSR count). The number of aromatic nitrogens is 4. The van der Waals surface area contributed by atoms with Crippen molar-refractivity contribution < 1.29 is 8.42 Å². The maximum absolute atomic E-state index is 11.4. The average Bonchev–Trinajstić information content (AvgIpc) is 3.01. The molecule has 2 aromatic heterocycles. The van der Waals surface area contributed by atoms with Crippen LogP contribution in [-0.2, 0) is 22.9 Å². The minimum absolute atomic E-state index is 0.0660. The van der Waals surface area contributed by atoms with E-state index >= 15 is 0 Å². The molecule has 0 saturated carbocycles. The highest BCUT2D eigenvalue weighted by Gasteiger charge is 2.18. The zero-order valence-electron chi connectivity index (χ0n) is 15.1. The summed E-state index contributed by atoms with van der Waals surface area (Å²) in [7, 11) is -3.00. The molecule has 0 fully saturated rings. The molecule has 24 heavy (non-hydrogen) atoms. The minimum atomic E-state index is -3.00. The Bertz CT molecular complexity index is 791. The standard InChI is InChI=1S/C16H27N5O2S/c1-6-7-20-11-15(10-17-20)18-12(2)16-13(3)19-21(14(16)4)8-9-24(5,22)23/h10-12,18H,6-9H2,1-5H3. The quantitative estimate of drug-likeness (QED) is 0.787. The number of anilines is 1. The molecular formula is C16H27N5O2S. The van der Waals surface area contributed by atoms with E-state index < -0.39 is 9.84 Å². The molecule has 1 unspecified atom stereocenters. The van der Waals surface area contributed by atoms with Gasteiger partial charge >= 0.3 is 0 Å². The summed E-state index contributed by atoms with van der Waals surface area (Å²) in [6, 6.07) is 0.0660. The Morgan fingerprint density at radius 2 is 2.00 bits per heavy atom. The number of sulfone groups is 1. The van der Waals surface area contributed by atoms with Gasteiger partial charge in [-0.25, -0.2) is 8.42 Å². The number of rotatable bonds is 8. The first-order valence-corrected chi connectivity index (χ1v) is 10.3. The van der Waals surface area contributed by atoms with Gasteiger partial charge in [-0.2, -0.15) is 10.2 Å². The van der Waals surface area contributed by atoms with Gasteiger partial charge in [0.25, 0.3) is 0 Å². The van der Waals surface area contributed by atoms with E-state index in [0.717, 1.165) is 35.6 Å². The fourth-order valence-corrected chi connectivity index (χ4v) is 3.42. The number of hydrogen-bond acceptors (Lipinski definition) is 5. The molecule has 0 amide bonds. The highest BCUT2D eigenvalue weighted by Crippen LogP contribution is 2.25. The minimum Gasteiger partial charge on any atom is -0.376 e. The lowest BCUT2D eigenvalue weighted by molar-refractivity contribution is 0.581. The van der Waals surface area contributed by atoms with Crippen molar-refractivity contribution in [1.29, 1.82) is 0 Å². The third-order valence-corrected chi connectivity index (χ3v) is 4.94. The summed E-state index contributed by atoms with van der Waals surface area (Å²) in [5.74, 6) is 0.0972. The van der Waals surface area contributed by atoms with Gasteiger partial charge in [0, 0.05) is 30.3 Å². The van der Waals surface area contributed by atoms with E-state index in [1.165, 1.54) is 6.26 Å². The highest BCUT2D eigenvalue weighted by molar-refractivity contribution is 7.90. The van der Waals surface area contributed by atoms with Gasteiger partial charge < -0.3 is 5.32 Å². The zero-order chi connectivity index (χ0) is 17.9. The Morgan fingerprint density at radius 1 is 1.29 bits per heavy atom. The second-order valence-corrected chi connectivity index (χ2v) is 8.56. The van der Waals surface area contributed by atoms with Crippen molar-refractivity contribution >= 4 is 15.5 Å². The predicted molar refractivity (Wildman–Crippen MR) is 96.0 cm³/mol. The first-order valence-electron chi connectivity index (χ1n) is 8.22. The molecule has 8 heteroatoms. The summed E-state index contributed by atoms with van der Waals surface area (Å²) < 4.78 is 26.5. The second-order valence-electron chi connectivity index (χ2n) is 6.30. The normalized spacial score (nSPS) is 13.2. The van der Waals surface area contributed by atoms with Crippen LogP contribution in [0.15, 0.2) is 12.4 Å². The first kappa shape index (κ1) is 18.5. The Morgan fingerprint density at radius 3 is 2.62 bits per heavy atom. The van der Waals surface area contributed by atoms with E-state index in [9.17, 15) is 8.42 Å². The number of nitrogens with one attached hydrogen (secondary N) is 1. The average molecular weight is 353 g/mol. The van der Waals surface area contributed by atoms with Crippen LogP contribution >= 0.6 is 0 Å². The third-order valence-electron chi connectivity index (χ3n) is 4.01. The molecule has 0 radical (unpaired) electrons. The molecule has 0 aliphatic heterocycles. The van der Waals surface area contributed by atoms with Crippen LogP contribution in [-0.4, -0.2) is 40.0 Å². The number of aryl methyl sites for hydroxylation is 3. The molecule has 2 heterocycles. The molecule has 0 spiro atoms. The predicted octanol–water partition coefficient (Wildman–Crippen LogP) is 2.32. The summed E-state index contributed by atoms with van der Waals surface area (Å²) in [5, 5.41) is 12.3. The van der Waals surface area contributed by atoms with Crippen molar-refractivity contribution in [3.8, 4) is 0 Å². The molecule has 0 aliphatic rings. The van der Waals surface area contributed by atoms with Crippen LogP contribution in [0.2, 0.25) is 0 Å². The van der Waals surface area contributed by atoms with Crippen molar-refractivity contribution in [3.05, 3.63) is 29.3 Å². The van der Waals surface area contributed by atoms with Crippen molar-refractivity contribution in [1.82, 2.24) is 19.6 Å². The zero-order valence-corrected chi connectivity index (χ0v) is 15.9. The van der Waals surface area contributed by atoms with Crippen LogP contribution in [0.3, 0.4) is 0 Å². The molecule has 1 N–H and O–H groups in total. The van der Waals surface area contributed by atoms with Gasteiger partial charge in [0.05, 0.1) is 35.9 Å². The molecule has 2 aromatic rings. The van der Waals surface area contributed by atoms with E-state index in [2.05, 4.69) is 29.4 Å². The molecule has 0 bridgehead atoms. The fourth-order valence-electron chi connectivity index (χ4n) is 2.92. The highest BCUT2D eigenvalue weighted by atomic mass is 32.2. The lowest BCUT2D eigenvalue weighted by atomic mass is 10.1. The molecule has 0 aromatic carbocycles. The van der Waals surface area contributed by atoms with Crippen LogP contribution in [0, 0.1) is 13.8 Å². The maximum atomic E-state index is 11.4. The van der Waals surface area contributed by atoms with E-state index in [-0.39, 0.29) is 11.8 Å². The second kappa shape index (κ2) is 7.38. The maximum Gasteiger partial charge on any atom is 0.149 e. The van der Waals surface area contributed by atoms with Gasteiger partial charge in [-0.05, 0) is 27.2 Å². The van der Waals surface area contributed by atoms with Crippen LogP contribution in [0.25, 0.3) is 0 Å². The molecule has 0 aliphatic carbocycles. The number of hydrogen-bond donors (Lipinski definition) is 1. The topological polar surface area (TPSA) is 81.8 Å².